The third-order valence-corrected chi connectivity index (χ3v) is 6.89. The molecular weight excluding hydrogens is 465 g/mol. The van der Waals surface area contributed by atoms with Gasteiger partial charge in [0.2, 0.25) is 5.91 Å². The summed E-state index contributed by atoms with van der Waals surface area (Å²) in [5, 5.41) is 9.70. The topological polar surface area (TPSA) is 74.7 Å². The number of hydrogen-bond acceptors (Lipinski definition) is 7. The molecule has 1 N–H and O–H groups in total. The highest BCUT2D eigenvalue weighted by Gasteiger charge is 2.41. The summed E-state index contributed by atoms with van der Waals surface area (Å²) in [5.74, 6) is 0.915. The number of carbonyl (C=O) groups excluding carboxylic acids is 1. The van der Waals surface area contributed by atoms with Crippen molar-refractivity contribution in [3.8, 4) is 11.5 Å². The minimum atomic E-state index is -0.834. The van der Waals surface area contributed by atoms with E-state index in [2.05, 4.69) is 16.8 Å². The number of nitrogens with zero attached hydrogens (tertiary/aromatic N) is 3. The third-order valence-electron chi connectivity index (χ3n) is 6.89. The van der Waals surface area contributed by atoms with Gasteiger partial charge >= 0.3 is 0 Å². The van der Waals surface area contributed by atoms with Crippen LogP contribution in [0.25, 0.3) is 0 Å². The fourth-order valence-corrected chi connectivity index (χ4v) is 4.80. The second-order valence-electron chi connectivity index (χ2n) is 9.65. The quantitative estimate of drug-likeness (QED) is 0.564. The number of benzene rings is 2. The molecule has 1 atom stereocenters. The van der Waals surface area contributed by atoms with E-state index in [9.17, 15) is 14.3 Å². The highest BCUT2D eigenvalue weighted by Crippen LogP contribution is 2.28. The summed E-state index contributed by atoms with van der Waals surface area (Å²) in [6.45, 7) is 5.50. The zero-order valence-electron chi connectivity index (χ0n) is 21.1. The van der Waals surface area contributed by atoms with Gasteiger partial charge in [0.15, 0.2) is 0 Å². The van der Waals surface area contributed by atoms with Crippen molar-refractivity contribution in [3.63, 3.8) is 0 Å². The summed E-state index contributed by atoms with van der Waals surface area (Å²) in [6.07, 6.45) is 0.207. The minimum absolute atomic E-state index is 0.0553. The van der Waals surface area contributed by atoms with Gasteiger partial charge in [-0.05, 0) is 49.0 Å². The zero-order valence-corrected chi connectivity index (χ0v) is 21.1. The first-order valence-corrected chi connectivity index (χ1v) is 12.4. The van der Waals surface area contributed by atoms with E-state index in [1.54, 1.807) is 19.2 Å². The molecule has 1 unspecified atom stereocenters. The van der Waals surface area contributed by atoms with Crippen molar-refractivity contribution in [1.29, 1.82) is 0 Å². The van der Waals surface area contributed by atoms with Crippen LogP contribution in [-0.4, -0.2) is 98.0 Å². The first kappa shape index (κ1) is 26.3. The average molecular weight is 502 g/mol. The van der Waals surface area contributed by atoms with Crippen molar-refractivity contribution in [2.75, 3.05) is 66.6 Å². The molecule has 0 radical (unpaired) electrons. The number of likely N-dealkylation sites (N-methyl/N-ethyl adjacent to an activating group) is 1. The van der Waals surface area contributed by atoms with Crippen LogP contribution in [-0.2, 0) is 22.7 Å². The largest absolute Gasteiger partial charge is 0.496 e. The Bertz CT molecular complexity index is 1010. The molecule has 0 bridgehead atoms. The van der Waals surface area contributed by atoms with Crippen molar-refractivity contribution < 1.29 is 28.5 Å². The lowest BCUT2D eigenvalue weighted by molar-refractivity contribution is -0.157. The van der Waals surface area contributed by atoms with E-state index in [0.29, 0.717) is 50.8 Å². The molecule has 196 valence electrons. The Morgan fingerprint density at radius 1 is 1.11 bits per heavy atom. The minimum Gasteiger partial charge on any atom is -0.496 e. The van der Waals surface area contributed by atoms with Gasteiger partial charge in [-0.25, -0.2) is 4.39 Å². The molecule has 2 saturated heterocycles. The van der Waals surface area contributed by atoms with Crippen LogP contribution in [0.2, 0.25) is 0 Å². The number of morpholine rings is 1. The Hall–Kier alpha value is -2.72. The summed E-state index contributed by atoms with van der Waals surface area (Å²) in [5.41, 5.74) is 0.944. The predicted octanol–water partition coefficient (Wildman–Crippen LogP) is 2.14. The Morgan fingerprint density at radius 3 is 2.56 bits per heavy atom. The van der Waals surface area contributed by atoms with Crippen molar-refractivity contribution in [1.82, 2.24) is 14.7 Å². The lowest BCUT2D eigenvalue weighted by atomic mass is 9.96. The summed E-state index contributed by atoms with van der Waals surface area (Å²) >= 11 is 0. The van der Waals surface area contributed by atoms with Crippen molar-refractivity contribution in [3.05, 3.63) is 59.4 Å². The van der Waals surface area contributed by atoms with Crippen LogP contribution in [0.4, 0.5) is 4.39 Å². The molecule has 36 heavy (non-hydrogen) atoms. The maximum Gasteiger partial charge on any atom is 0.225 e. The number of carbonyl (C=O) groups is 1. The normalized spacial score (nSPS) is 21.4. The van der Waals surface area contributed by atoms with E-state index in [0.717, 1.165) is 24.2 Å². The zero-order chi connectivity index (χ0) is 25.5. The Labute approximate surface area is 212 Å². The lowest BCUT2D eigenvalue weighted by Gasteiger charge is -2.43. The van der Waals surface area contributed by atoms with E-state index in [4.69, 9.17) is 14.2 Å². The van der Waals surface area contributed by atoms with Crippen LogP contribution >= 0.6 is 0 Å². The molecule has 2 heterocycles. The van der Waals surface area contributed by atoms with Gasteiger partial charge in [-0.2, -0.15) is 0 Å². The molecule has 2 aromatic carbocycles. The third kappa shape index (κ3) is 6.73. The molecule has 9 heteroatoms. The van der Waals surface area contributed by atoms with Crippen LogP contribution in [0.1, 0.15) is 17.5 Å². The van der Waals surface area contributed by atoms with Crippen molar-refractivity contribution in [2.45, 2.75) is 25.2 Å². The number of piperazine rings is 1. The number of aliphatic hydroxyl groups is 1. The fourth-order valence-electron chi connectivity index (χ4n) is 4.80. The molecule has 0 aliphatic carbocycles. The number of methoxy groups -OCH3 is 1. The van der Waals surface area contributed by atoms with Crippen LogP contribution in [0.15, 0.2) is 42.5 Å². The SMILES string of the molecule is COc1ccc(CN2CCOC(COc3ccc(F)cc3)(CC(=O)N3CCN(C)CC3)C2)cc1CO. The summed E-state index contributed by atoms with van der Waals surface area (Å²) in [6, 6.07) is 11.7. The molecule has 0 spiro atoms. The van der Waals surface area contributed by atoms with Gasteiger partial charge in [0, 0.05) is 51.4 Å². The van der Waals surface area contributed by atoms with Crippen LogP contribution in [0, 0.1) is 5.82 Å². The second kappa shape index (κ2) is 12.0. The molecule has 8 nitrogen and oxygen atoms in total. The van der Waals surface area contributed by atoms with Crippen LogP contribution in [0.3, 0.4) is 0 Å². The van der Waals surface area contributed by atoms with Gasteiger partial charge in [0.1, 0.15) is 29.5 Å². The van der Waals surface area contributed by atoms with E-state index >= 15 is 0 Å². The number of halogens is 1. The van der Waals surface area contributed by atoms with Gasteiger partial charge in [0.25, 0.3) is 0 Å². The predicted molar refractivity (Wildman–Crippen MR) is 133 cm³/mol. The van der Waals surface area contributed by atoms with Gasteiger partial charge in [-0.15, -0.1) is 0 Å². The second-order valence-corrected chi connectivity index (χ2v) is 9.65. The molecule has 2 aliphatic rings. The number of aliphatic hydroxyl groups excluding tert-OH is 1. The molecular formula is C27H36FN3O5. The first-order valence-electron chi connectivity index (χ1n) is 12.4. The fraction of sp³-hybridized carbons (Fsp3) is 0.519. The number of ether oxygens (including phenoxy) is 3. The summed E-state index contributed by atoms with van der Waals surface area (Å²) in [4.78, 5) is 19.7. The lowest BCUT2D eigenvalue weighted by Crippen LogP contribution is -2.58. The molecule has 2 aliphatic heterocycles. The number of rotatable bonds is 9. The van der Waals surface area contributed by atoms with E-state index < -0.39 is 5.60 Å². The van der Waals surface area contributed by atoms with E-state index in [1.165, 1.54) is 12.1 Å². The summed E-state index contributed by atoms with van der Waals surface area (Å²) in [7, 11) is 3.65. The molecule has 0 saturated carbocycles. The maximum atomic E-state index is 13.4. The van der Waals surface area contributed by atoms with Crippen molar-refractivity contribution >= 4 is 5.91 Å². The molecule has 4 rings (SSSR count). The Balaban J connectivity index is 1.49. The van der Waals surface area contributed by atoms with Gasteiger partial charge < -0.3 is 29.1 Å². The first-order chi connectivity index (χ1) is 17.4. The van der Waals surface area contributed by atoms with E-state index in [-0.39, 0.29) is 31.4 Å². The highest BCUT2D eigenvalue weighted by molar-refractivity contribution is 5.77. The van der Waals surface area contributed by atoms with E-state index in [1.807, 2.05) is 23.1 Å². The average Bonchev–Trinajstić information content (AvgIpc) is 2.89. The summed E-state index contributed by atoms with van der Waals surface area (Å²) < 4.78 is 31.0. The maximum absolute atomic E-state index is 13.4. The standard InChI is InChI=1S/C27H36FN3O5/c1-29-9-11-31(12-10-29)26(33)16-27(20-35-24-6-4-23(28)5-7-24)19-30(13-14-36-27)17-21-3-8-25(34-2)22(15-21)18-32/h3-8,15,32H,9-14,16-20H2,1-2H3. The number of amides is 1. The molecule has 2 fully saturated rings. The smallest absolute Gasteiger partial charge is 0.225 e. The Morgan fingerprint density at radius 2 is 1.86 bits per heavy atom. The molecule has 2 aromatic rings. The number of hydrogen-bond donors (Lipinski definition) is 1. The van der Waals surface area contributed by atoms with Crippen LogP contribution < -0.4 is 9.47 Å². The highest BCUT2D eigenvalue weighted by atomic mass is 19.1. The van der Waals surface area contributed by atoms with Gasteiger partial charge in [0.05, 0.1) is 26.7 Å². The van der Waals surface area contributed by atoms with Gasteiger partial charge in [-0.3, -0.25) is 9.69 Å². The monoisotopic (exact) mass is 501 g/mol. The van der Waals surface area contributed by atoms with Gasteiger partial charge in [-0.1, -0.05) is 6.07 Å². The Kier molecular flexibility index (Phi) is 8.79. The van der Waals surface area contributed by atoms with Crippen LogP contribution in [0.5, 0.6) is 11.5 Å². The molecule has 0 aromatic heterocycles. The molecule has 1 amide bonds. The van der Waals surface area contributed by atoms with Crippen molar-refractivity contribution in [2.24, 2.45) is 0 Å².